The molecule has 1 aliphatic rings. The lowest BCUT2D eigenvalue weighted by Crippen LogP contribution is -2.48. The predicted molar refractivity (Wildman–Crippen MR) is 75.3 cm³/mol. The van der Waals surface area contributed by atoms with E-state index >= 15 is 0 Å². The highest BCUT2D eigenvalue weighted by Crippen LogP contribution is 2.34. The lowest BCUT2D eigenvalue weighted by molar-refractivity contribution is -0.154. The summed E-state index contributed by atoms with van der Waals surface area (Å²) in [6.07, 6.45) is 5.77. The maximum absolute atomic E-state index is 11.7. The van der Waals surface area contributed by atoms with E-state index < -0.39 is 11.4 Å². The van der Waals surface area contributed by atoms with E-state index in [1.807, 2.05) is 12.1 Å². The van der Waals surface area contributed by atoms with Gasteiger partial charge in [-0.25, -0.2) is 0 Å². The van der Waals surface area contributed by atoms with Crippen LogP contribution in [0.3, 0.4) is 0 Å². The Kier molecular flexibility index (Phi) is 5.09. The van der Waals surface area contributed by atoms with Crippen LogP contribution in [0.5, 0.6) is 0 Å². The second kappa shape index (κ2) is 6.81. The van der Waals surface area contributed by atoms with Crippen LogP contribution in [0.2, 0.25) is 0 Å². The van der Waals surface area contributed by atoms with Crippen LogP contribution < -0.4 is 0 Å². The molecule has 1 atom stereocenters. The molecule has 1 aromatic heterocycles. The first-order chi connectivity index (χ1) is 9.66. The fourth-order valence-corrected chi connectivity index (χ4v) is 2.89. The van der Waals surface area contributed by atoms with Crippen LogP contribution in [0.25, 0.3) is 0 Å². The summed E-state index contributed by atoms with van der Waals surface area (Å²) in [4.78, 5) is 17.9. The Bertz CT molecular complexity index is 438. The molecule has 2 rings (SSSR count). The Labute approximate surface area is 119 Å². The zero-order valence-corrected chi connectivity index (χ0v) is 11.9. The monoisotopic (exact) mass is 278 g/mol. The van der Waals surface area contributed by atoms with Crippen LogP contribution in [0.4, 0.5) is 0 Å². The summed E-state index contributed by atoms with van der Waals surface area (Å²) in [7, 11) is 1.62. The molecule has 0 aliphatic carbocycles. The van der Waals surface area contributed by atoms with E-state index in [1.165, 1.54) is 5.56 Å². The lowest BCUT2D eigenvalue weighted by Gasteiger charge is -2.40. The second-order valence-corrected chi connectivity index (χ2v) is 5.50. The highest BCUT2D eigenvalue weighted by atomic mass is 16.5. The van der Waals surface area contributed by atoms with Crippen molar-refractivity contribution >= 4 is 5.97 Å². The summed E-state index contributed by atoms with van der Waals surface area (Å²) in [6, 6.07) is 3.96. The molecule has 20 heavy (non-hydrogen) atoms. The molecule has 5 nitrogen and oxygen atoms in total. The van der Waals surface area contributed by atoms with Gasteiger partial charge in [0, 0.05) is 39.2 Å². The third kappa shape index (κ3) is 3.55. The van der Waals surface area contributed by atoms with E-state index in [0.717, 1.165) is 25.9 Å². The fourth-order valence-electron chi connectivity index (χ4n) is 2.89. The minimum atomic E-state index is -0.700. The van der Waals surface area contributed by atoms with Crippen LogP contribution in [-0.4, -0.2) is 47.8 Å². The standard InChI is InChI=1S/C15H22N2O3/c1-20-10-6-15(14(18)19)5-2-9-17(12-15)11-13-3-7-16-8-4-13/h3-4,7-8H,2,5-6,9-12H2,1H3,(H,18,19)/t15-/m1/s1. The van der Waals surface area contributed by atoms with Crippen molar-refractivity contribution < 1.29 is 14.6 Å². The predicted octanol–water partition coefficient (Wildman–Crippen LogP) is 1.78. The maximum Gasteiger partial charge on any atom is 0.311 e. The summed E-state index contributed by atoms with van der Waals surface area (Å²) < 4.78 is 5.08. The number of rotatable bonds is 6. The van der Waals surface area contributed by atoms with Gasteiger partial charge >= 0.3 is 5.97 Å². The van der Waals surface area contributed by atoms with E-state index in [0.29, 0.717) is 19.6 Å². The molecule has 0 aromatic carbocycles. The largest absolute Gasteiger partial charge is 0.481 e. The third-order valence-electron chi connectivity index (χ3n) is 4.05. The van der Waals surface area contributed by atoms with Gasteiger partial charge in [0.1, 0.15) is 0 Å². The van der Waals surface area contributed by atoms with E-state index in [1.54, 1.807) is 19.5 Å². The van der Waals surface area contributed by atoms with Gasteiger partial charge in [-0.05, 0) is 43.5 Å². The molecule has 2 heterocycles. The Morgan fingerprint density at radius 2 is 2.25 bits per heavy atom. The lowest BCUT2D eigenvalue weighted by atomic mass is 9.77. The molecule has 0 spiro atoms. The van der Waals surface area contributed by atoms with Crippen molar-refractivity contribution in [2.24, 2.45) is 5.41 Å². The van der Waals surface area contributed by atoms with Crippen molar-refractivity contribution in [1.29, 1.82) is 0 Å². The number of likely N-dealkylation sites (tertiary alicyclic amines) is 1. The van der Waals surface area contributed by atoms with Gasteiger partial charge in [0.2, 0.25) is 0 Å². The summed E-state index contributed by atoms with van der Waals surface area (Å²) in [5.41, 5.74) is 0.509. The Morgan fingerprint density at radius 1 is 1.50 bits per heavy atom. The van der Waals surface area contributed by atoms with Gasteiger partial charge in [-0.3, -0.25) is 14.7 Å². The Balaban J connectivity index is 2.04. The number of nitrogens with zero attached hydrogens (tertiary/aromatic N) is 2. The molecule has 1 aromatic rings. The fraction of sp³-hybridized carbons (Fsp3) is 0.600. The molecule has 1 N–H and O–H groups in total. The molecule has 1 aliphatic heterocycles. The summed E-state index contributed by atoms with van der Waals surface area (Å²) >= 11 is 0. The van der Waals surface area contributed by atoms with Gasteiger partial charge in [-0.2, -0.15) is 0 Å². The van der Waals surface area contributed by atoms with E-state index in [2.05, 4.69) is 9.88 Å². The molecule has 0 bridgehead atoms. The number of carboxylic acid groups (broad SMARTS) is 1. The van der Waals surface area contributed by atoms with Crippen LogP contribution >= 0.6 is 0 Å². The molecular formula is C15H22N2O3. The van der Waals surface area contributed by atoms with Crippen molar-refractivity contribution in [3.8, 4) is 0 Å². The smallest absolute Gasteiger partial charge is 0.311 e. The number of hydrogen-bond donors (Lipinski definition) is 1. The Morgan fingerprint density at radius 3 is 2.90 bits per heavy atom. The average molecular weight is 278 g/mol. The summed E-state index contributed by atoms with van der Waals surface area (Å²) in [5.74, 6) is -0.700. The van der Waals surface area contributed by atoms with Gasteiger partial charge < -0.3 is 9.84 Å². The molecule has 110 valence electrons. The van der Waals surface area contributed by atoms with Gasteiger partial charge in [0.05, 0.1) is 5.41 Å². The van der Waals surface area contributed by atoms with Gasteiger partial charge in [-0.15, -0.1) is 0 Å². The topological polar surface area (TPSA) is 62.7 Å². The number of hydrogen-bond acceptors (Lipinski definition) is 4. The zero-order valence-electron chi connectivity index (χ0n) is 11.9. The second-order valence-electron chi connectivity index (χ2n) is 5.50. The maximum atomic E-state index is 11.7. The average Bonchev–Trinajstić information content (AvgIpc) is 2.46. The molecule has 1 fully saturated rings. The normalized spacial score (nSPS) is 23.6. The van der Waals surface area contributed by atoms with Crippen molar-refractivity contribution in [1.82, 2.24) is 9.88 Å². The van der Waals surface area contributed by atoms with Gasteiger partial charge in [0.25, 0.3) is 0 Å². The summed E-state index contributed by atoms with van der Waals surface area (Å²) in [6.45, 7) is 2.82. The minimum Gasteiger partial charge on any atom is -0.481 e. The van der Waals surface area contributed by atoms with Gasteiger partial charge in [-0.1, -0.05) is 0 Å². The number of pyridine rings is 1. The minimum absolute atomic E-state index is 0.495. The SMILES string of the molecule is COCC[C@]1(C(=O)O)CCCN(Cc2ccncc2)C1. The first-order valence-corrected chi connectivity index (χ1v) is 7.00. The molecule has 5 heteroatoms. The summed E-state index contributed by atoms with van der Waals surface area (Å²) in [5, 5.41) is 9.61. The molecule has 1 saturated heterocycles. The Hall–Kier alpha value is -1.46. The highest BCUT2D eigenvalue weighted by molar-refractivity contribution is 5.75. The van der Waals surface area contributed by atoms with E-state index in [9.17, 15) is 9.90 Å². The quantitative estimate of drug-likeness (QED) is 0.859. The third-order valence-corrected chi connectivity index (χ3v) is 4.05. The van der Waals surface area contributed by atoms with Crippen LogP contribution in [0.1, 0.15) is 24.8 Å². The van der Waals surface area contributed by atoms with Crippen molar-refractivity contribution in [2.75, 3.05) is 26.8 Å². The number of piperidine rings is 1. The van der Waals surface area contributed by atoms with Crippen molar-refractivity contribution in [3.05, 3.63) is 30.1 Å². The first kappa shape index (κ1) is 14.9. The number of aromatic nitrogens is 1. The number of carbonyl (C=O) groups is 1. The van der Waals surface area contributed by atoms with Crippen molar-refractivity contribution in [2.45, 2.75) is 25.8 Å². The number of methoxy groups -OCH3 is 1. The number of aliphatic carboxylic acids is 1. The first-order valence-electron chi connectivity index (χ1n) is 7.00. The molecular weight excluding hydrogens is 256 g/mol. The van der Waals surface area contributed by atoms with E-state index in [-0.39, 0.29) is 0 Å². The number of carboxylic acids is 1. The van der Waals surface area contributed by atoms with Crippen LogP contribution in [0, 0.1) is 5.41 Å². The van der Waals surface area contributed by atoms with E-state index in [4.69, 9.17) is 4.74 Å². The molecule has 0 unspecified atom stereocenters. The zero-order chi connectivity index (χ0) is 14.4. The van der Waals surface area contributed by atoms with Gasteiger partial charge in [0.15, 0.2) is 0 Å². The van der Waals surface area contributed by atoms with Crippen LogP contribution in [-0.2, 0) is 16.1 Å². The van der Waals surface area contributed by atoms with Crippen molar-refractivity contribution in [3.63, 3.8) is 0 Å². The molecule has 0 radical (unpaired) electrons. The highest BCUT2D eigenvalue weighted by Gasteiger charge is 2.41. The van der Waals surface area contributed by atoms with Crippen LogP contribution in [0.15, 0.2) is 24.5 Å². The molecule has 0 saturated carbocycles. The molecule has 0 amide bonds. The number of ether oxygens (including phenoxy) is 1.